The monoisotopic (exact) mass is 656 g/mol. The number of carbonyl (C=O) groups is 1. The van der Waals surface area contributed by atoms with Crippen molar-refractivity contribution in [2.45, 2.75) is 56.3 Å². The first-order valence-corrected chi connectivity index (χ1v) is 16.8. The van der Waals surface area contributed by atoms with Crippen LogP contribution >= 0.6 is 19.2 Å². The molecule has 6 rings (SSSR count). The molecular formula is C30H34ClN6O7P. The smallest absolute Gasteiger partial charge is 0.416 e. The van der Waals surface area contributed by atoms with Crippen molar-refractivity contribution in [3.05, 3.63) is 72.3 Å². The number of hydrogen-bond acceptors (Lipinski definition) is 11. The molecule has 1 aliphatic heterocycles. The highest BCUT2D eigenvalue weighted by Gasteiger charge is 2.45. The third-order valence-corrected chi connectivity index (χ3v) is 9.69. The summed E-state index contributed by atoms with van der Waals surface area (Å²) in [5, 5.41) is 25.3. The van der Waals surface area contributed by atoms with Crippen molar-refractivity contribution in [3.8, 4) is 11.5 Å². The Balaban J connectivity index is 1.16. The average molecular weight is 657 g/mol. The summed E-state index contributed by atoms with van der Waals surface area (Å²) in [7, 11) is -2.55. The lowest BCUT2D eigenvalue weighted by molar-refractivity contribution is -0.130. The van der Waals surface area contributed by atoms with Crippen LogP contribution in [0.25, 0.3) is 11.2 Å². The summed E-state index contributed by atoms with van der Waals surface area (Å²) >= 11 is 6.25. The predicted molar refractivity (Wildman–Crippen MR) is 166 cm³/mol. The van der Waals surface area contributed by atoms with Gasteiger partial charge in [0.15, 0.2) is 29.4 Å². The molecule has 1 aliphatic carbocycles. The van der Waals surface area contributed by atoms with Crippen LogP contribution in [0.1, 0.15) is 31.9 Å². The zero-order chi connectivity index (χ0) is 31.6. The summed E-state index contributed by atoms with van der Waals surface area (Å²) in [6.45, 7) is -0.124. The first-order chi connectivity index (χ1) is 21.7. The molecule has 2 aliphatic rings. The van der Waals surface area contributed by atoms with Gasteiger partial charge in [0.05, 0.1) is 6.33 Å². The molecule has 3 N–H and O–H groups in total. The Morgan fingerprint density at radius 1 is 1.04 bits per heavy atom. The van der Waals surface area contributed by atoms with Gasteiger partial charge in [-0.15, -0.1) is 0 Å². The highest BCUT2D eigenvalue weighted by atomic mass is 35.5. The number of rotatable bonds is 11. The number of nitrogens with one attached hydrogen (secondary N) is 1. The Bertz CT molecular complexity index is 1630. The number of hydrogen-bond donors (Lipinski definition) is 3. The van der Waals surface area contributed by atoms with Crippen LogP contribution < -0.4 is 14.4 Å². The second-order valence-corrected chi connectivity index (χ2v) is 13.4. The van der Waals surface area contributed by atoms with Gasteiger partial charge in [0.1, 0.15) is 29.8 Å². The van der Waals surface area contributed by atoms with E-state index in [4.69, 9.17) is 25.4 Å². The van der Waals surface area contributed by atoms with E-state index in [0.717, 1.165) is 25.7 Å². The van der Waals surface area contributed by atoms with E-state index in [9.17, 15) is 19.6 Å². The van der Waals surface area contributed by atoms with Crippen molar-refractivity contribution in [2.24, 2.45) is 0 Å². The van der Waals surface area contributed by atoms with E-state index in [1.165, 1.54) is 22.8 Å². The van der Waals surface area contributed by atoms with Gasteiger partial charge in [-0.2, -0.15) is 9.97 Å². The van der Waals surface area contributed by atoms with Crippen molar-refractivity contribution < 1.29 is 33.4 Å². The summed E-state index contributed by atoms with van der Waals surface area (Å²) in [6.07, 6.45) is 0.363. The minimum atomic E-state index is -4.03. The Kier molecular flexibility index (Phi) is 9.25. The first kappa shape index (κ1) is 31.3. The van der Waals surface area contributed by atoms with E-state index in [0.29, 0.717) is 17.0 Å². The number of para-hydroxylation sites is 2. The van der Waals surface area contributed by atoms with Crippen LogP contribution in [0.2, 0.25) is 5.28 Å². The van der Waals surface area contributed by atoms with Crippen molar-refractivity contribution >= 4 is 42.1 Å². The van der Waals surface area contributed by atoms with E-state index in [2.05, 4.69) is 20.3 Å². The van der Waals surface area contributed by atoms with Gasteiger partial charge in [0.25, 0.3) is 0 Å². The van der Waals surface area contributed by atoms with E-state index >= 15 is 0 Å². The second-order valence-electron chi connectivity index (χ2n) is 11.2. The van der Waals surface area contributed by atoms with Crippen molar-refractivity contribution in [1.29, 1.82) is 0 Å². The van der Waals surface area contributed by atoms with Crippen molar-refractivity contribution in [3.63, 3.8) is 0 Å². The van der Waals surface area contributed by atoms with Gasteiger partial charge in [-0.3, -0.25) is 9.36 Å². The van der Waals surface area contributed by atoms with Gasteiger partial charge in [-0.1, -0.05) is 49.2 Å². The highest BCUT2D eigenvalue weighted by molar-refractivity contribution is 7.55. The van der Waals surface area contributed by atoms with Gasteiger partial charge in [-0.25, -0.2) is 9.55 Å². The third-order valence-electron chi connectivity index (χ3n) is 7.89. The number of halogens is 1. The standard InChI is InChI=1S/C30H34ClN6O7P/c1-36(23(38)17-45(41,43-20-12-4-2-5-13-20)44-21-14-6-3-7-15-21)16-22-25(39)26(40)29(42-22)37-18-32-24-27(33-19-10-8-9-11-19)34-30(31)35-28(24)37/h2-7,12-15,18-19,22,25-26,29,39-40H,8-11,16-17H2,1H3,(H,33,34,35)/t22-,25-,26-,29-/m1/s1. The maximum absolute atomic E-state index is 13.9. The number of amides is 1. The van der Waals surface area contributed by atoms with Crippen LogP contribution in [0, 0.1) is 0 Å². The molecule has 0 unspecified atom stereocenters. The molecule has 0 bridgehead atoms. The Morgan fingerprint density at radius 3 is 2.29 bits per heavy atom. The Hall–Kier alpha value is -3.74. The molecule has 238 valence electrons. The topological polar surface area (TPSA) is 161 Å². The molecule has 15 heteroatoms. The van der Waals surface area contributed by atoms with E-state index in [-0.39, 0.29) is 29.4 Å². The third kappa shape index (κ3) is 7.08. The molecule has 1 saturated heterocycles. The molecule has 3 heterocycles. The molecule has 2 aromatic carbocycles. The molecule has 4 atom stereocenters. The van der Waals surface area contributed by atoms with Gasteiger partial charge >= 0.3 is 7.60 Å². The molecule has 4 aromatic rings. The van der Waals surface area contributed by atoms with Crippen LogP contribution in [-0.4, -0.2) is 84.6 Å². The minimum absolute atomic E-state index is 0.000430. The summed E-state index contributed by atoms with van der Waals surface area (Å²) in [4.78, 5) is 27.7. The summed E-state index contributed by atoms with van der Waals surface area (Å²) in [6, 6.07) is 17.1. The molecule has 0 spiro atoms. The number of ether oxygens (including phenoxy) is 1. The Morgan fingerprint density at radius 2 is 1.67 bits per heavy atom. The number of aliphatic hydroxyl groups excluding tert-OH is 2. The molecule has 2 aromatic heterocycles. The summed E-state index contributed by atoms with van der Waals surface area (Å²) in [5.74, 6) is 0.483. The maximum atomic E-state index is 13.9. The predicted octanol–water partition coefficient (Wildman–Crippen LogP) is 4.26. The van der Waals surface area contributed by atoms with Crippen LogP contribution in [-0.2, 0) is 14.1 Å². The summed E-state index contributed by atoms with van der Waals surface area (Å²) in [5.41, 5.74) is 0.786. The van der Waals surface area contributed by atoms with E-state index < -0.39 is 44.2 Å². The van der Waals surface area contributed by atoms with Gasteiger partial charge in [0, 0.05) is 19.6 Å². The van der Waals surface area contributed by atoms with E-state index in [1.807, 2.05) is 0 Å². The maximum Gasteiger partial charge on any atom is 0.440 e. The zero-order valence-electron chi connectivity index (χ0n) is 24.5. The fourth-order valence-corrected chi connectivity index (χ4v) is 7.36. The highest BCUT2D eigenvalue weighted by Crippen LogP contribution is 2.48. The molecule has 0 radical (unpaired) electrons. The van der Waals surface area contributed by atoms with Gasteiger partial charge in [-0.05, 0) is 48.7 Å². The summed E-state index contributed by atoms with van der Waals surface area (Å²) < 4.78 is 32.9. The van der Waals surface area contributed by atoms with Crippen LogP contribution in [0.4, 0.5) is 5.82 Å². The zero-order valence-corrected chi connectivity index (χ0v) is 26.1. The lowest BCUT2D eigenvalue weighted by Gasteiger charge is -2.25. The average Bonchev–Trinajstić information content (AvgIpc) is 3.75. The van der Waals surface area contributed by atoms with Gasteiger partial charge < -0.3 is 34.2 Å². The second kappa shape index (κ2) is 13.3. The molecule has 45 heavy (non-hydrogen) atoms. The molecule has 13 nitrogen and oxygen atoms in total. The number of fused-ring (bicyclic) bond motifs is 1. The van der Waals surface area contributed by atoms with Crippen LogP contribution in [0.15, 0.2) is 67.0 Å². The van der Waals surface area contributed by atoms with Crippen LogP contribution in [0.3, 0.4) is 0 Å². The number of benzene rings is 2. The number of aromatic nitrogens is 4. The largest absolute Gasteiger partial charge is 0.440 e. The number of likely N-dealkylation sites (N-methyl/N-ethyl adjacent to an activating group) is 1. The quantitative estimate of drug-likeness (QED) is 0.156. The first-order valence-electron chi connectivity index (χ1n) is 14.7. The fourth-order valence-electron chi connectivity index (χ4n) is 5.58. The molecule has 1 saturated carbocycles. The number of imidazole rings is 1. The normalized spacial score (nSPS) is 22.0. The SMILES string of the molecule is CN(C[C@H]1O[C@@H](n2cnc3c(NC4CCCC4)nc(Cl)nc32)[C@H](O)[C@@H]1O)C(=O)CP(=O)(Oc1ccccc1)Oc1ccccc1. The van der Waals surface area contributed by atoms with Crippen molar-refractivity contribution in [2.75, 3.05) is 25.1 Å². The number of aliphatic hydroxyl groups is 2. The number of anilines is 1. The van der Waals surface area contributed by atoms with E-state index in [1.54, 1.807) is 60.7 Å². The number of nitrogens with zero attached hydrogens (tertiary/aromatic N) is 5. The van der Waals surface area contributed by atoms with Crippen molar-refractivity contribution in [1.82, 2.24) is 24.4 Å². The van der Waals surface area contributed by atoms with Gasteiger partial charge in [0.2, 0.25) is 11.2 Å². The fraction of sp³-hybridized carbons (Fsp3) is 0.400. The lowest BCUT2D eigenvalue weighted by Crippen LogP contribution is -2.42. The number of carbonyl (C=O) groups excluding carboxylic acids is 1. The minimum Gasteiger partial charge on any atom is -0.416 e. The lowest BCUT2D eigenvalue weighted by atomic mass is 10.1. The molecular weight excluding hydrogens is 623 g/mol. The molecule has 2 fully saturated rings. The molecule has 1 amide bonds. The van der Waals surface area contributed by atoms with Crippen LogP contribution in [0.5, 0.6) is 11.5 Å². The Labute approximate surface area is 264 Å².